The third kappa shape index (κ3) is 2.63. The minimum Gasteiger partial charge on any atom is -0.490 e. The Kier molecular flexibility index (Phi) is 3.60. The average molecular weight is 218 g/mol. The smallest absolute Gasteiger partial charge is 0.136 e. The van der Waals surface area contributed by atoms with Crippen molar-refractivity contribution >= 4 is 5.78 Å². The topological polar surface area (TPSA) is 26.3 Å². The van der Waals surface area contributed by atoms with Crippen LogP contribution < -0.4 is 4.74 Å². The second-order valence-corrected chi connectivity index (χ2v) is 4.34. The first-order chi connectivity index (χ1) is 7.79. The van der Waals surface area contributed by atoms with Gasteiger partial charge in [-0.05, 0) is 30.9 Å². The maximum atomic E-state index is 11.3. The zero-order valence-corrected chi connectivity index (χ0v) is 9.74. The number of ether oxygens (including phenoxy) is 1. The van der Waals surface area contributed by atoms with Gasteiger partial charge in [0, 0.05) is 12.8 Å². The van der Waals surface area contributed by atoms with E-state index in [2.05, 4.69) is 13.0 Å². The molecule has 0 bridgehead atoms. The molecule has 0 saturated heterocycles. The van der Waals surface area contributed by atoms with E-state index < -0.39 is 0 Å². The summed E-state index contributed by atoms with van der Waals surface area (Å²) >= 11 is 0. The molecule has 1 aromatic rings. The third-order valence-electron chi connectivity index (χ3n) is 3.08. The van der Waals surface area contributed by atoms with Crippen LogP contribution in [0.1, 0.15) is 38.2 Å². The van der Waals surface area contributed by atoms with Crippen LogP contribution in [-0.2, 0) is 11.2 Å². The van der Waals surface area contributed by atoms with Gasteiger partial charge in [-0.25, -0.2) is 0 Å². The molecule has 1 saturated carbocycles. The predicted molar refractivity (Wildman–Crippen MR) is 63.7 cm³/mol. The Morgan fingerprint density at radius 2 is 2.19 bits per heavy atom. The molecule has 0 radical (unpaired) electrons. The number of ketones is 1. The second kappa shape index (κ2) is 5.15. The highest BCUT2D eigenvalue weighted by atomic mass is 16.5. The summed E-state index contributed by atoms with van der Waals surface area (Å²) in [6, 6.07) is 8.09. The van der Waals surface area contributed by atoms with E-state index in [0.717, 1.165) is 31.4 Å². The van der Waals surface area contributed by atoms with Gasteiger partial charge in [-0.15, -0.1) is 0 Å². The number of carbonyl (C=O) groups is 1. The molecule has 0 amide bonds. The number of aryl methyl sites for hydroxylation is 1. The highest BCUT2D eigenvalue weighted by Gasteiger charge is 2.21. The normalized spacial score (nSPS) is 20.8. The van der Waals surface area contributed by atoms with Crippen molar-refractivity contribution in [3.05, 3.63) is 29.8 Å². The van der Waals surface area contributed by atoms with Crippen LogP contribution in [-0.4, -0.2) is 11.9 Å². The van der Waals surface area contributed by atoms with Gasteiger partial charge in [0.25, 0.3) is 0 Å². The molecule has 1 aromatic carbocycles. The molecule has 1 unspecified atom stereocenters. The molecule has 2 nitrogen and oxygen atoms in total. The van der Waals surface area contributed by atoms with E-state index in [9.17, 15) is 4.79 Å². The zero-order chi connectivity index (χ0) is 11.4. The number of para-hydroxylation sites is 1. The summed E-state index contributed by atoms with van der Waals surface area (Å²) < 4.78 is 5.93. The Bertz CT molecular complexity index is 371. The molecule has 0 aromatic heterocycles. The first kappa shape index (κ1) is 11.2. The fraction of sp³-hybridized carbons (Fsp3) is 0.500. The van der Waals surface area contributed by atoms with Crippen molar-refractivity contribution in [2.24, 2.45) is 0 Å². The van der Waals surface area contributed by atoms with E-state index >= 15 is 0 Å². The molecule has 0 aliphatic heterocycles. The Morgan fingerprint density at radius 1 is 1.38 bits per heavy atom. The molecule has 0 N–H and O–H groups in total. The first-order valence-corrected chi connectivity index (χ1v) is 6.06. The lowest BCUT2D eigenvalue weighted by molar-refractivity contribution is -0.122. The number of carbonyl (C=O) groups excluding carboxylic acids is 1. The second-order valence-electron chi connectivity index (χ2n) is 4.34. The van der Waals surface area contributed by atoms with Crippen LogP contribution in [0, 0.1) is 0 Å². The number of hydrogen-bond donors (Lipinski definition) is 0. The minimum atomic E-state index is 0.0916. The zero-order valence-electron chi connectivity index (χ0n) is 9.74. The SMILES string of the molecule is CCc1ccccc1OC1CCCC(=O)C1. The van der Waals surface area contributed by atoms with Gasteiger partial charge >= 0.3 is 0 Å². The largest absolute Gasteiger partial charge is 0.490 e. The van der Waals surface area contributed by atoms with Crippen LogP contribution in [0.15, 0.2) is 24.3 Å². The summed E-state index contributed by atoms with van der Waals surface area (Å²) in [6.07, 6.45) is 4.35. The Balaban J connectivity index is 2.05. The summed E-state index contributed by atoms with van der Waals surface area (Å²) in [5.41, 5.74) is 1.22. The van der Waals surface area contributed by atoms with Crippen LogP contribution in [0.2, 0.25) is 0 Å². The van der Waals surface area contributed by atoms with Gasteiger partial charge in [0.2, 0.25) is 0 Å². The van der Waals surface area contributed by atoms with Crippen molar-refractivity contribution in [2.45, 2.75) is 45.1 Å². The van der Waals surface area contributed by atoms with E-state index in [1.165, 1.54) is 5.56 Å². The minimum absolute atomic E-state index is 0.0916. The van der Waals surface area contributed by atoms with Crippen molar-refractivity contribution < 1.29 is 9.53 Å². The molecule has 86 valence electrons. The molecule has 2 rings (SSSR count). The van der Waals surface area contributed by atoms with Gasteiger partial charge in [0.1, 0.15) is 17.6 Å². The van der Waals surface area contributed by atoms with Gasteiger partial charge in [0.05, 0.1) is 0 Å². The van der Waals surface area contributed by atoms with E-state index in [-0.39, 0.29) is 6.10 Å². The summed E-state index contributed by atoms with van der Waals surface area (Å²) in [5.74, 6) is 1.29. The van der Waals surface area contributed by atoms with Crippen LogP contribution in [0.4, 0.5) is 0 Å². The van der Waals surface area contributed by atoms with Crippen molar-refractivity contribution in [3.8, 4) is 5.75 Å². The summed E-state index contributed by atoms with van der Waals surface area (Å²) in [4.78, 5) is 11.3. The standard InChI is InChI=1S/C14H18O2/c1-2-11-6-3-4-9-14(11)16-13-8-5-7-12(15)10-13/h3-4,6,9,13H,2,5,7-8,10H2,1H3. The fourth-order valence-corrected chi connectivity index (χ4v) is 2.18. The average Bonchev–Trinajstić information content (AvgIpc) is 2.30. The van der Waals surface area contributed by atoms with E-state index in [4.69, 9.17) is 4.74 Å². The lowest BCUT2D eigenvalue weighted by Gasteiger charge is -2.23. The molecule has 1 aliphatic rings. The first-order valence-electron chi connectivity index (χ1n) is 6.06. The molecule has 0 spiro atoms. The molecule has 1 fully saturated rings. The summed E-state index contributed by atoms with van der Waals surface area (Å²) in [6.45, 7) is 2.12. The van der Waals surface area contributed by atoms with E-state index in [1.807, 2.05) is 18.2 Å². The molecule has 2 heteroatoms. The molecular formula is C14H18O2. The molecule has 16 heavy (non-hydrogen) atoms. The van der Waals surface area contributed by atoms with Crippen molar-refractivity contribution in [1.29, 1.82) is 0 Å². The Hall–Kier alpha value is -1.31. The van der Waals surface area contributed by atoms with Gasteiger partial charge < -0.3 is 4.74 Å². The van der Waals surface area contributed by atoms with Gasteiger partial charge in [0.15, 0.2) is 0 Å². The maximum Gasteiger partial charge on any atom is 0.136 e. The predicted octanol–water partition coefficient (Wildman–Crippen LogP) is 3.14. The van der Waals surface area contributed by atoms with Crippen molar-refractivity contribution in [2.75, 3.05) is 0 Å². The highest BCUT2D eigenvalue weighted by molar-refractivity contribution is 5.79. The van der Waals surface area contributed by atoms with Crippen molar-refractivity contribution in [3.63, 3.8) is 0 Å². The third-order valence-corrected chi connectivity index (χ3v) is 3.08. The quantitative estimate of drug-likeness (QED) is 0.779. The maximum absolute atomic E-state index is 11.3. The van der Waals surface area contributed by atoms with Gasteiger partial charge in [-0.2, -0.15) is 0 Å². The van der Waals surface area contributed by atoms with Crippen molar-refractivity contribution in [1.82, 2.24) is 0 Å². The van der Waals surface area contributed by atoms with Gasteiger partial charge in [-0.1, -0.05) is 25.1 Å². The monoisotopic (exact) mass is 218 g/mol. The Morgan fingerprint density at radius 3 is 2.94 bits per heavy atom. The number of rotatable bonds is 3. The fourth-order valence-electron chi connectivity index (χ4n) is 2.18. The molecule has 1 atom stereocenters. The van der Waals surface area contributed by atoms with Gasteiger partial charge in [-0.3, -0.25) is 4.79 Å². The van der Waals surface area contributed by atoms with Crippen LogP contribution in [0.3, 0.4) is 0 Å². The van der Waals surface area contributed by atoms with Crippen LogP contribution in [0.5, 0.6) is 5.75 Å². The molecule has 0 heterocycles. The van der Waals surface area contributed by atoms with Crippen LogP contribution >= 0.6 is 0 Å². The molecule has 1 aliphatic carbocycles. The van der Waals surface area contributed by atoms with E-state index in [0.29, 0.717) is 12.2 Å². The lowest BCUT2D eigenvalue weighted by Crippen LogP contribution is -2.25. The summed E-state index contributed by atoms with van der Waals surface area (Å²) in [7, 11) is 0. The highest BCUT2D eigenvalue weighted by Crippen LogP contribution is 2.24. The number of Topliss-reactive ketones (excluding diaryl/α,β-unsaturated/α-hetero) is 1. The summed E-state index contributed by atoms with van der Waals surface area (Å²) in [5, 5.41) is 0. The number of benzene rings is 1. The molecular weight excluding hydrogens is 200 g/mol. The number of hydrogen-bond acceptors (Lipinski definition) is 2. The Labute approximate surface area is 96.6 Å². The lowest BCUT2D eigenvalue weighted by atomic mass is 9.96. The van der Waals surface area contributed by atoms with Crippen LogP contribution in [0.25, 0.3) is 0 Å². The van der Waals surface area contributed by atoms with E-state index in [1.54, 1.807) is 0 Å².